The van der Waals surface area contributed by atoms with Crippen LogP contribution in [0.2, 0.25) is 0 Å². The molecule has 2 unspecified atom stereocenters. The molecule has 76 valence electrons. The first-order valence-electron chi connectivity index (χ1n) is 5.59. The average molecular weight is 182 g/mol. The van der Waals surface area contributed by atoms with E-state index in [2.05, 4.69) is 26.0 Å². The fraction of sp³-hybridized carbons (Fsp3) is 0.833. The molecule has 1 heteroatoms. The summed E-state index contributed by atoms with van der Waals surface area (Å²) in [6.45, 7) is 5.29. The second-order valence-corrected chi connectivity index (χ2v) is 4.11. The number of hydrogen-bond donors (Lipinski definition) is 0. The van der Waals surface area contributed by atoms with Crippen molar-refractivity contribution in [1.82, 2.24) is 0 Å². The van der Waals surface area contributed by atoms with Crippen LogP contribution in [0.25, 0.3) is 0 Å². The standard InChI is InChI=1S/C12H22O/c1-3-4-5-9-13-12-8-6-7-11(2)10-12/h4-5,11-12H,3,6-10H2,1-2H3/b5-4-. The van der Waals surface area contributed by atoms with Crippen LogP contribution >= 0.6 is 0 Å². The Kier molecular flexibility index (Phi) is 5.14. The molecule has 0 saturated heterocycles. The monoisotopic (exact) mass is 182 g/mol. The van der Waals surface area contributed by atoms with Gasteiger partial charge in [-0.15, -0.1) is 0 Å². The SMILES string of the molecule is CC/C=C\COC1CCCC(C)C1. The minimum absolute atomic E-state index is 0.533. The van der Waals surface area contributed by atoms with Crippen LogP contribution in [0, 0.1) is 5.92 Å². The minimum Gasteiger partial charge on any atom is -0.374 e. The Morgan fingerprint density at radius 2 is 2.15 bits per heavy atom. The van der Waals surface area contributed by atoms with Crippen molar-refractivity contribution >= 4 is 0 Å². The molecule has 1 aliphatic carbocycles. The lowest BCUT2D eigenvalue weighted by molar-refractivity contribution is 0.0320. The van der Waals surface area contributed by atoms with Crippen molar-refractivity contribution in [2.75, 3.05) is 6.61 Å². The number of ether oxygens (including phenoxy) is 1. The maximum Gasteiger partial charge on any atom is 0.0651 e. The van der Waals surface area contributed by atoms with E-state index in [1.54, 1.807) is 0 Å². The van der Waals surface area contributed by atoms with Gasteiger partial charge < -0.3 is 4.74 Å². The van der Waals surface area contributed by atoms with Crippen molar-refractivity contribution in [2.24, 2.45) is 5.92 Å². The largest absolute Gasteiger partial charge is 0.374 e. The summed E-state index contributed by atoms with van der Waals surface area (Å²) < 4.78 is 5.77. The van der Waals surface area contributed by atoms with Gasteiger partial charge in [-0.2, -0.15) is 0 Å². The number of rotatable bonds is 4. The Morgan fingerprint density at radius 3 is 2.85 bits per heavy atom. The Bertz CT molecular complexity index is 151. The predicted molar refractivity (Wildman–Crippen MR) is 56.8 cm³/mol. The van der Waals surface area contributed by atoms with E-state index in [1.165, 1.54) is 25.7 Å². The second kappa shape index (κ2) is 6.20. The summed E-state index contributed by atoms with van der Waals surface area (Å²) in [7, 11) is 0. The van der Waals surface area contributed by atoms with Crippen molar-refractivity contribution in [1.29, 1.82) is 0 Å². The van der Waals surface area contributed by atoms with E-state index in [0.717, 1.165) is 18.9 Å². The van der Waals surface area contributed by atoms with Gasteiger partial charge in [0.25, 0.3) is 0 Å². The van der Waals surface area contributed by atoms with Gasteiger partial charge in [-0.25, -0.2) is 0 Å². The van der Waals surface area contributed by atoms with Crippen molar-refractivity contribution < 1.29 is 4.74 Å². The lowest BCUT2D eigenvalue weighted by Gasteiger charge is -2.26. The first-order valence-corrected chi connectivity index (χ1v) is 5.59. The van der Waals surface area contributed by atoms with Crippen LogP contribution in [0.3, 0.4) is 0 Å². The highest BCUT2D eigenvalue weighted by Crippen LogP contribution is 2.25. The van der Waals surface area contributed by atoms with Crippen LogP contribution in [-0.2, 0) is 4.74 Å². The summed E-state index contributed by atoms with van der Waals surface area (Å²) in [4.78, 5) is 0. The lowest BCUT2D eigenvalue weighted by atomic mass is 9.89. The fourth-order valence-corrected chi connectivity index (χ4v) is 1.96. The third-order valence-electron chi connectivity index (χ3n) is 2.72. The molecular weight excluding hydrogens is 160 g/mol. The van der Waals surface area contributed by atoms with Crippen molar-refractivity contribution in [2.45, 2.75) is 52.1 Å². The molecule has 0 aromatic rings. The highest BCUT2D eigenvalue weighted by molar-refractivity contribution is 4.81. The van der Waals surface area contributed by atoms with E-state index in [1.807, 2.05) is 0 Å². The maximum atomic E-state index is 5.77. The van der Waals surface area contributed by atoms with Crippen molar-refractivity contribution in [3.05, 3.63) is 12.2 Å². The molecule has 13 heavy (non-hydrogen) atoms. The van der Waals surface area contributed by atoms with E-state index < -0.39 is 0 Å². The first-order chi connectivity index (χ1) is 6.33. The predicted octanol–water partition coefficient (Wildman–Crippen LogP) is 3.55. The van der Waals surface area contributed by atoms with Gasteiger partial charge in [0, 0.05) is 0 Å². The summed E-state index contributed by atoms with van der Waals surface area (Å²) in [5.74, 6) is 0.869. The zero-order valence-electron chi connectivity index (χ0n) is 8.96. The lowest BCUT2D eigenvalue weighted by Crippen LogP contribution is -2.21. The molecule has 0 spiro atoms. The third kappa shape index (κ3) is 4.47. The van der Waals surface area contributed by atoms with Crippen LogP contribution in [0.1, 0.15) is 46.0 Å². The van der Waals surface area contributed by atoms with E-state index >= 15 is 0 Å². The van der Waals surface area contributed by atoms with Gasteiger partial charge in [0.15, 0.2) is 0 Å². The summed E-state index contributed by atoms with van der Waals surface area (Å²) in [6, 6.07) is 0. The fourth-order valence-electron chi connectivity index (χ4n) is 1.96. The van der Waals surface area contributed by atoms with Crippen LogP contribution in [0.5, 0.6) is 0 Å². The van der Waals surface area contributed by atoms with Crippen LogP contribution in [0.15, 0.2) is 12.2 Å². The normalized spacial score (nSPS) is 29.7. The molecule has 0 heterocycles. The molecule has 0 aliphatic heterocycles. The average Bonchev–Trinajstić information content (AvgIpc) is 2.13. The Morgan fingerprint density at radius 1 is 1.31 bits per heavy atom. The number of hydrogen-bond acceptors (Lipinski definition) is 1. The summed E-state index contributed by atoms with van der Waals surface area (Å²) in [5, 5.41) is 0. The Labute approximate surface area is 82.2 Å². The Hall–Kier alpha value is -0.300. The summed E-state index contributed by atoms with van der Waals surface area (Å²) >= 11 is 0. The van der Waals surface area contributed by atoms with Gasteiger partial charge in [-0.05, 0) is 25.2 Å². The minimum atomic E-state index is 0.533. The van der Waals surface area contributed by atoms with E-state index in [4.69, 9.17) is 4.74 Å². The summed E-state index contributed by atoms with van der Waals surface area (Å²) in [5.41, 5.74) is 0. The van der Waals surface area contributed by atoms with Crippen LogP contribution < -0.4 is 0 Å². The van der Waals surface area contributed by atoms with Gasteiger partial charge in [0.2, 0.25) is 0 Å². The molecule has 2 atom stereocenters. The molecule has 1 rings (SSSR count). The maximum absolute atomic E-state index is 5.77. The molecule has 1 fully saturated rings. The highest BCUT2D eigenvalue weighted by Gasteiger charge is 2.18. The van der Waals surface area contributed by atoms with Gasteiger partial charge in [0.05, 0.1) is 12.7 Å². The quantitative estimate of drug-likeness (QED) is 0.604. The van der Waals surface area contributed by atoms with Gasteiger partial charge in [0.1, 0.15) is 0 Å². The smallest absolute Gasteiger partial charge is 0.0651 e. The molecule has 1 nitrogen and oxygen atoms in total. The molecule has 0 bridgehead atoms. The summed E-state index contributed by atoms with van der Waals surface area (Å²) in [6.07, 6.45) is 11.2. The second-order valence-electron chi connectivity index (χ2n) is 4.11. The third-order valence-corrected chi connectivity index (χ3v) is 2.72. The van der Waals surface area contributed by atoms with E-state index in [0.29, 0.717) is 6.10 Å². The van der Waals surface area contributed by atoms with Crippen LogP contribution in [0.4, 0.5) is 0 Å². The van der Waals surface area contributed by atoms with Crippen molar-refractivity contribution in [3.63, 3.8) is 0 Å². The molecule has 1 aliphatic rings. The van der Waals surface area contributed by atoms with Crippen LogP contribution in [-0.4, -0.2) is 12.7 Å². The van der Waals surface area contributed by atoms with Crippen molar-refractivity contribution in [3.8, 4) is 0 Å². The first kappa shape index (κ1) is 10.8. The molecule has 0 amide bonds. The zero-order chi connectivity index (χ0) is 9.52. The highest BCUT2D eigenvalue weighted by atomic mass is 16.5. The Balaban J connectivity index is 2.10. The molecule has 0 aromatic carbocycles. The zero-order valence-corrected chi connectivity index (χ0v) is 8.96. The molecular formula is C12H22O. The molecule has 0 radical (unpaired) electrons. The van der Waals surface area contributed by atoms with E-state index in [-0.39, 0.29) is 0 Å². The van der Waals surface area contributed by atoms with Gasteiger partial charge in [-0.1, -0.05) is 38.8 Å². The molecule has 0 aromatic heterocycles. The topological polar surface area (TPSA) is 9.23 Å². The van der Waals surface area contributed by atoms with Gasteiger partial charge in [-0.3, -0.25) is 0 Å². The number of allylic oxidation sites excluding steroid dienone is 1. The molecule has 1 saturated carbocycles. The van der Waals surface area contributed by atoms with Gasteiger partial charge >= 0.3 is 0 Å². The molecule has 0 N–H and O–H groups in total. The van der Waals surface area contributed by atoms with E-state index in [9.17, 15) is 0 Å².